The molecule has 1 rings (SSSR count). The van der Waals surface area contributed by atoms with Crippen LogP contribution in [0.1, 0.15) is 13.3 Å². The summed E-state index contributed by atoms with van der Waals surface area (Å²) in [4.78, 5) is 11.4. The Morgan fingerprint density at radius 2 is 1.33 bits per heavy atom. The first-order chi connectivity index (χ1) is 10.8. The molecule has 140 valence electrons. The topological polar surface area (TPSA) is 63.2 Å². The summed E-state index contributed by atoms with van der Waals surface area (Å²) >= 11 is 0. The van der Waals surface area contributed by atoms with Crippen molar-refractivity contribution < 1.29 is 26.0 Å². The van der Waals surface area contributed by atoms with E-state index in [0.29, 0.717) is 13.0 Å². The third-order valence-electron chi connectivity index (χ3n) is 3.23. The molecule has 1 fully saturated rings. The van der Waals surface area contributed by atoms with Crippen molar-refractivity contribution in [3.05, 3.63) is 12.2 Å². The van der Waals surface area contributed by atoms with E-state index in [1.165, 1.54) is 6.08 Å². The first-order valence-corrected chi connectivity index (χ1v) is 19.4. The van der Waals surface area contributed by atoms with Crippen LogP contribution >= 0.6 is 0 Å². The Balaban J connectivity index is 2.73. The van der Waals surface area contributed by atoms with Crippen molar-refractivity contribution in [1.29, 1.82) is 0 Å². The van der Waals surface area contributed by atoms with Crippen LogP contribution in [0.15, 0.2) is 12.2 Å². The fourth-order valence-corrected chi connectivity index (χ4v) is 24.7. The maximum atomic E-state index is 11.4. The standard InChI is InChI=1S/C14H32O6Si4/c1-9-11-14(15)16-12-10-13-24(8)19-22(4,5)17-21(2,3)18-23(6,7)20-24/h9,11H,10,12-13H2,1-8H3. The lowest BCUT2D eigenvalue weighted by atomic mass is 10.5. The first kappa shape index (κ1) is 22.0. The molecule has 0 aromatic carbocycles. The minimum absolute atomic E-state index is 0.312. The molecule has 10 heteroatoms. The van der Waals surface area contributed by atoms with Gasteiger partial charge >= 0.3 is 40.2 Å². The van der Waals surface area contributed by atoms with Crippen molar-refractivity contribution in [2.24, 2.45) is 0 Å². The molecule has 0 unspecified atom stereocenters. The molecule has 1 aliphatic rings. The van der Waals surface area contributed by atoms with E-state index in [-0.39, 0.29) is 5.97 Å². The van der Waals surface area contributed by atoms with Gasteiger partial charge in [0.1, 0.15) is 0 Å². The summed E-state index contributed by atoms with van der Waals surface area (Å²) in [5.74, 6) is -0.312. The Kier molecular flexibility index (Phi) is 7.39. The average Bonchev–Trinajstić information content (AvgIpc) is 2.28. The third-order valence-corrected chi connectivity index (χ3v) is 19.7. The monoisotopic (exact) mass is 408 g/mol. The van der Waals surface area contributed by atoms with Gasteiger partial charge in [0.25, 0.3) is 0 Å². The first-order valence-electron chi connectivity index (χ1n) is 8.38. The van der Waals surface area contributed by atoms with E-state index in [1.54, 1.807) is 13.0 Å². The number of rotatable bonds is 5. The van der Waals surface area contributed by atoms with E-state index in [4.69, 9.17) is 21.2 Å². The van der Waals surface area contributed by atoms with E-state index < -0.39 is 34.2 Å². The number of carbonyl (C=O) groups excluding carboxylic acids is 1. The van der Waals surface area contributed by atoms with Gasteiger partial charge < -0.3 is 21.2 Å². The molecule has 0 aromatic rings. The van der Waals surface area contributed by atoms with Crippen LogP contribution in [0, 0.1) is 0 Å². The van der Waals surface area contributed by atoms with Crippen LogP contribution in [-0.2, 0) is 26.0 Å². The molecule has 1 aliphatic heterocycles. The van der Waals surface area contributed by atoms with E-state index >= 15 is 0 Å². The Morgan fingerprint density at radius 1 is 0.875 bits per heavy atom. The van der Waals surface area contributed by atoms with E-state index in [9.17, 15) is 4.79 Å². The molecule has 0 bridgehead atoms. The van der Waals surface area contributed by atoms with Crippen LogP contribution in [0.4, 0.5) is 0 Å². The average molecular weight is 409 g/mol. The van der Waals surface area contributed by atoms with Gasteiger partial charge in [0.05, 0.1) is 6.61 Å². The summed E-state index contributed by atoms with van der Waals surface area (Å²) in [5, 5.41) is 0. The molecule has 1 heterocycles. The lowest BCUT2D eigenvalue weighted by Crippen LogP contribution is -2.65. The second-order valence-electron chi connectivity index (χ2n) is 7.51. The van der Waals surface area contributed by atoms with Crippen molar-refractivity contribution in [2.45, 2.75) is 65.2 Å². The Hall–Kier alpha value is -0.0825. The molecular formula is C14H32O6Si4. The summed E-state index contributed by atoms with van der Waals surface area (Å²) in [6, 6.07) is 0.748. The van der Waals surface area contributed by atoms with Gasteiger partial charge in [0.15, 0.2) is 0 Å². The smallest absolute Gasteiger partial charge is 0.330 e. The minimum atomic E-state index is -2.46. The zero-order chi connectivity index (χ0) is 18.6. The molecule has 24 heavy (non-hydrogen) atoms. The van der Waals surface area contributed by atoms with Gasteiger partial charge in [-0.05, 0) is 65.2 Å². The predicted molar refractivity (Wildman–Crippen MR) is 104 cm³/mol. The maximum absolute atomic E-state index is 11.4. The number of esters is 1. The predicted octanol–water partition coefficient (Wildman–Crippen LogP) is 3.75. The van der Waals surface area contributed by atoms with Gasteiger partial charge in [-0.25, -0.2) is 4.79 Å². The van der Waals surface area contributed by atoms with Crippen LogP contribution in [0.25, 0.3) is 0 Å². The van der Waals surface area contributed by atoms with Crippen LogP contribution in [-0.4, -0.2) is 46.8 Å². The Morgan fingerprint density at radius 3 is 1.79 bits per heavy atom. The van der Waals surface area contributed by atoms with Crippen LogP contribution < -0.4 is 0 Å². The van der Waals surface area contributed by atoms with Crippen molar-refractivity contribution in [2.75, 3.05) is 6.61 Å². The van der Waals surface area contributed by atoms with Gasteiger partial charge in [0, 0.05) is 6.08 Å². The van der Waals surface area contributed by atoms with E-state index in [1.807, 2.05) is 39.3 Å². The van der Waals surface area contributed by atoms with Crippen molar-refractivity contribution >= 4 is 40.2 Å². The van der Waals surface area contributed by atoms with Crippen LogP contribution in [0.2, 0.25) is 51.9 Å². The second kappa shape index (κ2) is 8.08. The SMILES string of the molecule is CC=CC(=O)OCCC[Si]1(C)O[Si](C)(C)O[Si](C)(C)O[Si](C)(C)O1. The molecule has 0 saturated carbocycles. The van der Waals surface area contributed by atoms with Gasteiger partial charge in [-0.1, -0.05) is 6.08 Å². The zero-order valence-electron chi connectivity index (χ0n) is 16.2. The lowest BCUT2D eigenvalue weighted by molar-refractivity contribution is -0.137. The number of carbonyl (C=O) groups is 1. The fourth-order valence-electron chi connectivity index (χ4n) is 3.16. The number of hydrogen-bond acceptors (Lipinski definition) is 6. The molecule has 0 amide bonds. The number of ether oxygens (including phenoxy) is 1. The van der Waals surface area contributed by atoms with Crippen molar-refractivity contribution in [3.63, 3.8) is 0 Å². The van der Waals surface area contributed by atoms with E-state index in [2.05, 4.69) is 6.55 Å². The highest BCUT2D eigenvalue weighted by atomic mass is 28.5. The summed E-state index contributed by atoms with van der Waals surface area (Å²) in [5.41, 5.74) is 0. The lowest BCUT2D eigenvalue weighted by Gasteiger charge is -2.47. The molecular weight excluding hydrogens is 376 g/mol. The van der Waals surface area contributed by atoms with Gasteiger partial charge in [-0.2, -0.15) is 0 Å². The fraction of sp³-hybridized carbons (Fsp3) is 0.786. The number of allylic oxidation sites excluding steroid dienone is 1. The molecule has 0 spiro atoms. The summed E-state index contributed by atoms with van der Waals surface area (Å²) in [6.07, 6.45) is 3.80. The highest BCUT2D eigenvalue weighted by Crippen LogP contribution is 2.32. The molecule has 0 atom stereocenters. The molecule has 0 N–H and O–H groups in total. The van der Waals surface area contributed by atoms with Gasteiger partial charge in [-0.3, -0.25) is 0 Å². The minimum Gasteiger partial charge on any atom is -0.463 e. The number of hydrogen-bond donors (Lipinski definition) is 0. The van der Waals surface area contributed by atoms with Crippen molar-refractivity contribution in [1.82, 2.24) is 0 Å². The van der Waals surface area contributed by atoms with E-state index in [0.717, 1.165) is 6.04 Å². The normalized spacial score (nSPS) is 25.0. The molecule has 0 aliphatic carbocycles. The maximum Gasteiger partial charge on any atom is 0.330 e. The van der Waals surface area contributed by atoms with Crippen molar-refractivity contribution in [3.8, 4) is 0 Å². The third kappa shape index (κ3) is 7.87. The molecule has 0 aromatic heterocycles. The zero-order valence-corrected chi connectivity index (χ0v) is 20.2. The summed E-state index contributed by atoms with van der Waals surface area (Å²) in [6.45, 7) is 16.5. The quantitative estimate of drug-likeness (QED) is 0.299. The Labute approximate surface area is 150 Å². The molecule has 6 nitrogen and oxygen atoms in total. The van der Waals surface area contributed by atoms with Crippen LogP contribution in [0.3, 0.4) is 0 Å². The Bertz CT molecular complexity index is 456. The second-order valence-corrected chi connectivity index (χ2v) is 21.9. The highest BCUT2D eigenvalue weighted by molar-refractivity contribution is 6.93. The van der Waals surface area contributed by atoms with Crippen LogP contribution in [0.5, 0.6) is 0 Å². The van der Waals surface area contributed by atoms with Gasteiger partial charge in [0.2, 0.25) is 0 Å². The highest BCUT2D eigenvalue weighted by Gasteiger charge is 2.52. The molecule has 0 radical (unpaired) electrons. The summed E-state index contributed by atoms with van der Waals surface area (Å²) < 4.78 is 30.7. The van der Waals surface area contributed by atoms with Gasteiger partial charge in [-0.15, -0.1) is 0 Å². The summed E-state index contributed by atoms with van der Waals surface area (Å²) in [7, 11) is -9.36. The largest absolute Gasteiger partial charge is 0.463 e. The molecule has 1 saturated heterocycles.